The molecule has 0 bridgehead atoms. The van der Waals surface area contributed by atoms with E-state index in [1.165, 1.54) is 9.75 Å². The first-order valence-electron chi connectivity index (χ1n) is 9.35. The fourth-order valence-electron chi connectivity index (χ4n) is 3.32. The molecule has 4 heterocycles. The van der Waals surface area contributed by atoms with Crippen molar-refractivity contribution in [1.29, 1.82) is 0 Å². The summed E-state index contributed by atoms with van der Waals surface area (Å²) in [5, 5.41) is 4.18. The molecule has 0 spiro atoms. The number of anilines is 1. The molecule has 1 amide bonds. The second-order valence-corrected chi connectivity index (χ2v) is 8.79. The Kier molecular flexibility index (Phi) is 6.31. The third-order valence-corrected chi connectivity index (χ3v) is 6.47. The highest BCUT2D eigenvalue weighted by Gasteiger charge is 2.24. The minimum Gasteiger partial charge on any atom is -0.338 e. The van der Waals surface area contributed by atoms with Gasteiger partial charge < -0.3 is 9.80 Å². The van der Waals surface area contributed by atoms with Crippen molar-refractivity contribution in [2.45, 2.75) is 13.1 Å². The normalized spacial score (nSPS) is 14.6. The molecule has 0 radical (unpaired) electrons. The van der Waals surface area contributed by atoms with Gasteiger partial charge in [0.15, 0.2) is 0 Å². The molecule has 0 aromatic carbocycles. The lowest BCUT2D eigenvalue weighted by molar-refractivity contribution is -0.133. The van der Waals surface area contributed by atoms with E-state index in [0.29, 0.717) is 19.6 Å². The van der Waals surface area contributed by atoms with Crippen LogP contribution in [0.2, 0.25) is 0 Å². The predicted molar refractivity (Wildman–Crippen MR) is 114 cm³/mol. The predicted octanol–water partition coefficient (Wildman–Crippen LogP) is 2.95. The van der Waals surface area contributed by atoms with Gasteiger partial charge in [0, 0.05) is 61.4 Å². The number of nitrogens with zero attached hydrogens (tertiary/aromatic N) is 5. The Morgan fingerprint density at radius 1 is 0.929 bits per heavy atom. The molecule has 0 atom stereocenters. The van der Waals surface area contributed by atoms with Crippen LogP contribution in [0.3, 0.4) is 0 Å². The number of aromatic nitrogens is 2. The molecule has 0 unspecified atom stereocenters. The largest absolute Gasteiger partial charge is 0.338 e. The Balaban J connectivity index is 1.34. The molecule has 3 aromatic heterocycles. The van der Waals surface area contributed by atoms with Crippen LogP contribution in [0.5, 0.6) is 0 Å². The molecular formula is C20H23N5OS2. The van der Waals surface area contributed by atoms with E-state index in [9.17, 15) is 4.79 Å². The van der Waals surface area contributed by atoms with E-state index in [4.69, 9.17) is 0 Å². The van der Waals surface area contributed by atoms with Gasteiger partial charge in [0.25, 0.3) is 0 Å². The maximum atomic E-state index is 12.9. The summed E-state index contributed by atoms with van der Waals surface area (Å²) in [6.07, 6.45) is 3.51. The second kappa shape index (κ2) is 9.27. The minimum absolute atomic E-state index is 0.196. The number of carbonyl (C=O) groups excluding carboxylic acids is 1. The van der Waals surface area contributed by atoms with E-state index in [2.05, 4.69) is 54.8 Å². The van der Waals surface area contributed by atoms with Crippen molar-refractivity contribution in [1.82, 2.24) is 19.8 Å². The van der Waals surface area contributed by atoms with Crippen molar-refractivity contribution in [3.8, 4) is 0 Å². The summed E-state index contributed by atoms with van der Waals surface area (Å²) in [7, 11) is 0. The van der Waals surface area contributed by atoms with Gasteiger partial charge in [0.05, 0.1) is 6.54 Å². The van der Waals surface area contributed by atoms with Crippen LogP contribution in [0.15, 0.2) is 53.5 Å². The fourth-order valence-corrected chi connectivity index (χ4v) is 4.81. The van der Waals surface area contributed by atoms with E-state index in [1.54, 1.807) is 35.1 Å². The summed E-state index contributed by atoms with van der Waals surface area (Å²) in [4.78, 5) is 30.5. The summed E-state index contributed by atoms with van der Waals surface area (Å²) in [5.41, 5.74) is 0. The number of rotatable bonds is 7. The van der Waals surface area contributed by atoms with E-state index in [1.807, 2.05) is 11.0 Å². The van der Waals surface area contributed by atoms with Gasteiger partial charge in [0.2, 0.25) is 11.9 Å². The van der Waals surface area contributed by atoms with Gasteiger partial charge in [0.1, 0.15) is 0 Å². The highest BCUT2D eigenvalue weighted by Crippen LogP contribution is 2.18. The molecule has 1 aliphatic rings. The SMILES string of the molecule is O=C(CN(Cc1cccs1)Cc1cccs1)N1CCN(c2ncccn2)CC1. The van der Waals surface area contributed by atoms with Crippen LogP contribution < -0.4 is 4.90 Å². The van der Waals surface area contributed by atoms with E-state index >= 15 is 0 Å². The van der Waals surface area contributed by atoms with Crippen molar-refractivity contribution >= 4 is 34.5 Å². The van der Waals surface area contributed by atoms with Crippen LogP contribution in [-0.2, 0) is 17.9 Å². The van der Waals surface area contributed by atoms with Crippen LogP contribution in [0.1, 0.15) is 9.75 Å². The Bertz CT molecular complexity index is 810. The maximum Gasteiger partial charge on any atom is 0.236 e. The van der Waals surface area contributed by atoms with Gasteiger partial charge in [-0.15, -0.1) is 22.7 Å². The molecule has 6 nitrogen and oxygen atoms in total. The Labute approximate surface area is 173 Å². The van der Waals surface area contributed by atoms with Crippen molar-refractivity contribution in [3.05, 3.63) is 63.2 Å². The molecule has 1 fully saturated rings. The van der Waals surface area contributed by atoms with Gasteiger partial charge in [-0.3, -0.25) is 9.69 Å². The third-order valence-electron chi connectivity index (χ3n) is 4.75. The second-order valence-electron chi connectivity index (χ2n) is 6.72. The first-order valence-corrected chi connectivity index (χ1v) is 11.1. The van der Waals surface area contributed by atoms with Crippen molar-refractivity contribution < 1.29 is 4.79 Å². The van der Waals surface area contributed by atoms with E-state index in [-0.39, 0.29) is 5.91 Å². The summed E-state index contributed by atoms with van der Waals surface area (Å²) in [5.74, 6) is 0.938. The first kappa shape index (κ1) is 19.0. The lowest BCUT2D eigenvalue weighted by Crippen LogP contribution is -2.51. The lowest BCUT2D eigenvalue weighted by Gasteiger charge is -2.35. The molecule has 0 aliphatic carbocycles. The summed E-state index contributed by atoms with van der Waals surface area (Å²) in [6.45, 7) is 5.01. The van der Waals surface area contributed by atoms with Crippen molar-refractivity contribution in [2.75, 3.05) is 37.6 Å². The van der Waals surface area contributed by atoms with Gasteiger partial charge >= 0.3 is 0 Å². The number of amides is 1. The van der Waals surface area contributed by atoms with Gasteiger partial charge in [-0.25, -0.2) is 9.97 Å². The zero-order chi connectivity index (χ0) is 19.2. The molecule has 0 N–H and O–H groups in total. The monoisotopic (exact) mass is 413 g/mol. The van der Waals surface area contributed by atoms with Gasteiger partial charge in [-0.1, -0.05) is 12.1 Å². The molecule has 4 rings (SSSR count). The number of piperazine rings is 1. The van der Waals surface area contributed by atoms with Gasteiger partial charge in [-0.2, -0.15) is 0 Å². The number of thiophene rings is 2. The Morgan fingerprint density at radius 3 is 2.07 bits per heavy atom. The Morgan fingerprint density at radius 2 is 1.54 bits per heavy atom. The van der Waals surface area contributed by atoms with Crippen LogP contribution in [0.4, 0.5) is 5.95 Å². The Hall–Kier alpha value is -2.29. The van der Waals surface area contributed by atoms with Gasteiger partial charge in [-0.05, 0) is 29.0 Å². The van der Waals surface area contributed by atoms with Crippen LogP contribution in [-0.4, -0.2) is 58.4 Å². The molecule has 1 aliphatic heterocycles. The third kappa shape index (κ3) is 4.95. The standard InChI is InChI=1S/C20H23N5OS2/c26-19(24-8-10-25(11-9-24)20-21-6-3-7-22-20)16-23(14-17-4-1-12-27-17)15-18-5-2-13-28-18/h1-7,12-13H,8-11,14-16H2. The molecule has 146 valence electrons. The van der Waals surface area contributed by atoms with Crippen molar-refractivity contribution in [3.63, 3.8) is 0 Å². The molecule has 3 aromatic rings. The lowest BCUT2D eigenvalue weighted by atomic mass is 10.3. The summed E-state index contributed by atoms with van der Waals surface area (Å²) in [6, 6.07) is 10.2. The van der Waals surface area contributed by atoms with E-state index in [0.717, 1.165) is 32.1 Å². The number of hydrogen-bond donors (Lipinski definition) is 0. The van der Waals surface area contributed by atoms with Crippen LogP contribution in [0.25, 0.3) is 0 Å². The average Bonchev–Trinajstić information content (AvgIpc) is 3.43. The quantitative estimate of drug-likeness (QED) is 0.596. The minimum atomic E-state index is 0.196. The number of carbonyl (C=O) groups is 1. The zero-order valence-electron chi connectivity index (χ0n) is 15.6. The summed E-state index contributed by atoms with van der Waals surface area (Å²) >= 11 is 3.48. The molecule has 8 heteroatoms. The topological polar surface area (TPSA) is 52.6 Å². The smallest absolute Gasteiger partial charge is 0.236 e. The highest BCUT2D eigenvalue weighted by atomic mass is 32.1. The van der Waals surface area contributed by atoms with Crippen molar-refractivity contribution in [2.24, 2.45) is 0 Å². The first-order chi connectivity index (χ1) is 13.8. The van der Waals surface area contributed by atoms with Crippen LogP contribution >= 0.6 is 22.7 Å². The number of hydrogen-bond acceptors (Lipinski definition) is 7. The van der Waals surface area contributed by atoms with E-state index < -0.39 is 0 Å². The highest BCUT2D eigenvalue weighted by molar-refractivity contribution is 7.10. The fraction of sp³-hybridized carbons (Fsp3) is 0.350. The molecule has 1 saturated heterocycles. The maximum absolute atomic E-state index is 12.9. The molecule has 0 saturated carbocycles. The molecular weight excluding hydrogens is 390 g/mol. The zero-order valence-corrected chi connectivity index (χ0v) is 17.2. The van der Waals surface area contributed by atoms with Crippen LogP contribution in [0, 0.1) is 0 Å². The summed E-state index contributed by atoms with van der Waals surface area (Å²) < 4.78 is 0. The molecule has 28 heavy (non-hydrogen) atoms. The average molecular weight is 414 g/mol.